The van der Waals surface area contributed by atoms with Crippen molar-refractivity contribution in [2.45, 2.75) is 25.0 Å². The summed E-state index contributed by atoms with van der Waals surface area (Å²) >= 11 is 0. The molecule has 1 aromatic carbocycles. The van der Waals surface area contributed by atoms with E-state index >= 15 is 0 Å². The largest absolute Gasteiger partial charge is 0.347 e. The van der Waals surface area contributed by atoms with Crippen LogP contribution in [0.4, 0.5) is 0 Å². The maximum absolute atomic E-state index is 12.6. The van der Waals surface area contributed by atoms with E-state index in [9.17, 15) is 13.2 Å². The summed E-state index contributed by atoms with van der Waals surface area (Å²) in [5.74, 6) is -0.711. The lowest BCUT2D eigenvalue weighted by Crippen LogP contribution is -2.50. The summed E-state index contributed by atoms with van der Waals surface area (Å²) in [6.07, 6.45) is 2.98. The van der Waals surface area contributed by atoms with Gasteiger partial charge < -0.3 is 14.4 Å². The molecule has 144 valence electrons. The third kappa shape index (κ3) is 4.82. The summed E-state index contributed by atoms with van der Waals surface area (Å²) in [7, 11) is -3.45. The molecule has 0 atom stereocenters. The van der Waals surface area contributed by atoms with Gasteiger partial charge in [-0.1, -0.05) is 30.3 Å². The first-order valence-corrected chi connectivity index (χ1v) is 10.8. The van der Waals surface area contributed by atoms with Gasteiger partial charge in [-0.15, -0.1) is 0 Å². The second kappa shape index (κ2) is 8.04. The third-order valence-electron chi connectivity index (χ3n) is 4.96. The Hall–Kier alpha value is -1.48. The zero-order chi connectivity index (χ0) is 18.6. The first-order chi connectivity index (χ1) is 12.4. The fourth-order valence-electron chi connectivity index (χ4n) is 3.39. The predicted molar refractivity (Wildman–Crippen MR) is 97.0 cm³/mol. The molecule has 0 aliphatic carbocycles. The number of benzene rings is 1. The Bertz CT molecular complexity index is 706. The molecule has 2 heterocycles. The Balaban J connectivity index is 1.55. The summed E-state index contributed by atoms with van der Waals surface area (Å²) in [5.41, 5.74) is 1.05. The number of piperidine rings is 1. The summed E-state index contributed by atoms with van der Waals surface area (Å²) in [4.78, 5) is 14.3. The number of hydrogen-bond acceptors (Lipinski definition) is 5. The molecular formula is C18H26N2O5S. The second-order valence-electron chi connectivity index (χ2n) is 6.82. The molecule has 8 heteroatoms. The lowest BCUT2D eigenvalue weighted by molar-refractivity contribution is -0.187. The minimum absolute atomic E-state index is 0.125. The van der Waals surface area contributed by atoms with Crippen LogP contribution in [0, 0.1) is 0 Å². The molecule has 0 N–H and O–H groups in total. The highest BCUT2D eigenvalue weighted by atomic mass is 32.2. The highest BCUT2D eigenvalue weighted by Crippen LogP contribution is 2.31. The van der Waals surface area contributed by atoms with Gasteiger partial charge in [0.25, 0.3) is 0 Å². The van der Waals surface area contributed by atoms with Gasteiger partial charge in [0.2, 0.25) is 15.9 Å². The van der Waals surface area contributed by atoms with E-state index in [1.165, 1.54) is 4.31 Å². The monoisotopic (exact) mass is 382 g/mol. The van der Waals surface area contributed by atoms with Crippen LogP contribution in [0.5, 0.6) is 0 Å². The number of amides is 1. The molecule has 0 saturated carbocycles. The van der Waals surface area contributed by atoms with Crippen molar-refractivity contribution in [3.05, 3.63) is 35.9 Å². The van der Waals surface area contributed by atoms with Crippen molar-refractivity contribution in [1.82, 2.24) is 9.21 Å². The van der Waals surface area contributed by atoms with Crippen molar-refractivity contribution < 1.29 is 22.7 Å². The molecule has 1 amide bonds. The SMILES string of the molecule is CS(=O)(=O)N(CCc1ccccc1)CC(=O)N1CCC2(CC1)OCCO2. The van der Waals surface area contributed by atoms with Gasteiger partial charge in [-0.25, -0.2) is 8.42 Å². The minimum Gasteiger partial charge on any atom is -0.347 e. The molecule has 1 aromatic rings. The van der Waals surface area contributed by atoms with Gasteiger partial charge in [0.05, 0.1) is 26.0 Å². The van der Waals surface area contributed by atoms with Crippen LogP contribution in [0.2, 0.25) is 0 Å². The molecule has 0 radical (unpaired) electrons. The Morgan fingerprint density at radius 1 is 1.15 bits per heavy atom. The number of likely N-dealkylation sites (tertiary alicyclic amines) is 1. The number of carbonyl (C=O) groups is 1. The van der Waals surface area contributed by atoms with E-state index in [4.69, 9.17) is 9.47 Å². The molecule has 0 aromatic heterocycles. The standard InChI is InChI=1S/C18H26N2O5S/c1-26(22,23)20(10-7-16-5-3-2-4-6-16)15-17(21)19-11-8-18(9-12-19)24-13-14-25-18/h2-6H,7-15H2,1H3. The highest BCUT2D eigenvalue weighted by Gasteiger charge is 2.41. The van der Waals surface area contributed by atoms with Crippen LogP contribution in [-0.4, -0.2) is 75.0 Å². The van der Waals surface area contributed by atoms with Gasteiger partial charge in [0.1, 0.15) is 0 Å². The van der Waals surface area contributed by atoms with E-state index in [2.05, 4.69) is 0 Å². The average molecular weight is 382 g/mol. The smallest absolute Gasteiger partial charge is 0.237 e. The van der Waals surface area contributed by atoms with Gasteiger partial charge >= 0.3 is 0 Å². The molecule has 2 aliphatic rings. The van der Waals surface area contributed by atoms with Crippen molar-refractivity contribution in [2.24, 2.45) is 0 Å². The Morgan fingerprint density at radius 3 is 2.35 bits per heavy atom. The molecule has 0 unspecified atom stereocenters. The Morgan fingerprint density at radius 2 is 1.77 bits per heavy atom. The van der Waals surface area contributed by atoms with E-state index < -0.39 is 15.8 Å². The van der Waals surface area contributed by atoms with Gasteiger partial charge in [-0.05, 0) is 12.0 Å². The molecule has 26 heavy (non-hydrogen) atoms. The van der Waals surface area contributed by atoms with Crippen LogP contribution in [0.15, 0.2) is 30.3 Å². The number of sulfonamides is 1. The topological polar surface area (TPSA) is 76.2 Å². The molecule has 3 rings (SSSR count). The van der Waals surface area contributed by atoms with Crippen LogP contribution in [0.25, 0.3) is 0 Å². The van der Waals surface area contributed by atoms with E-state index in [1.54, 1.807) is 4.90 Å². The molecule has 2 saturated heterocycles. The Labute approximate surface area is 154 Å². The van der Waals surface area contributed by atoms with Crippen molar-refractivity contribution in [3.8, 4) is 0 Å². The van der Waals surface area contributed by atoms with Gasteiger partial charge in [-0.3, -0.25) is 4.79 Å². The summed E-state index contributed by atoms with van der Waals surface area (Å²) in [6.45, 7) is 2.40. The first-order valence-electron chi connectivity index (χ1n) is 8.93. The van der Waals surface area contributed by atoms with E-state index in [1.807, 2.05) is 30.3 Å². The second-order valence-corrected chi connectivity index (χ2v) is 8.80. The lowest BCUT2D eigenvalue weighted by atomic mass is 10.0. The van der Waals surface area contributed by atoms with Crippen LogP contribution < -0.4 is 0 Å². The summed E-state index contributed by atoms with van der Waals surface area (Å²) in [5, 5.41) is 0. The van der Waals surface area contributed by atoms with Crippen molar-refractivity contribution in [1.29, 1.82) is 0 Å². The zero-order valence-corrected chi connectivity index (χ0v) is 15.9. The van der Waals surface area contributed by atoms with Crippen molar-refractivity contribution in [3.63, 3.8) is 0 Å². The number of nitrogens with zero attached hydrogens (tertiary/aromatic N) is 2. The predicted octanol–water partition coefficient (Wildman–Crippen LogP) is 0.856. The maximum atomic E-state index is 12.6. The molecule has 7 nitrogen and oxygen atoms in total. The molecule has 2 fully saturated rings. The minimum atomic E-state index is -3.45. The van der Waals surface area contributed by atoms with Gasteiger partial charge in [0.15, 0.2) is 5.79 Å². The molecule has 0 bridgehead atoms. The molecule has 2 aliphatic heterocycles. The van der Waals surface area contributed by atoms with Crippen LogP contribution in [0.3, 0.4) is 0 Å². The highest BCUT2D eigenvalue weighted by molar-refractivity contribution is 7.88. The molecule has 1 spiro atoms. The van der Waals surface area contributed by atoms with Gasteiger partial charge in [-0.2, -0.15) is 4.31 Å². The zero-order valence-electron chi connectivity index (χ0n) is 15.1. The van der Waals surface area contributed by atoms with Crippen LogP contribution in [0.1, 0.15) is 18.4 Å². The quantitative estimate of drug-likeness (QED) is 0.729. The summed E-state index contributed by atoms with van der Waals surface area (Å²) < 4.78 is 36.8. The number of hydrogen-bond donors (Lipinski definition) is 0. The van der Waals surface area contributed by atoms with Gasteiger partial charge in [0, 0.05) is 32.5 Å². The lowest BCUT2D eigenvalue weighted by Gasteiger charge is -2.38. The number of rotatable bonds is 6. The Kier molecular flexibility index (Phi) is 5.96. The van der Waals surface area contributed by atoms with E-state index in [0.717, 1.165) is 11.8 Å². The fourth-order valence-corrected chi connectivity index (χ4v) is 4.16. The number of carbonyl (C=O) groups excluding carboxylic acids is 1. The van der Waals surface area contributed by atoms with Crippen molar-refractivity contribution >= 4 is 15.9 Å². The van der Waals surface area contributed by atoms with Crippen LogP contribution >= 0.6 is 0 Å². The van der Waals surface area contributed by atoms with Crippen LogP contribution in [-0.2, 0) is 30.7 Å². The van der Waals surface area contributed by atoms with E-state index in [0.29, 0.717) is 52.1 Å². The third-order valence-corrected chi connectivity index (χ3v) is 6.21. The summed E-state index contributed by atoms with van der Waals surface area (Å²) in [6, 6.07) is 9.66. The fraction of sp³-hybridized carbons (Fsp3) is 0.611. The molecular weight excluding hydrogens is 356 g/mol. The van der Waals surface area contributed by atoms with E-state index in [-0.39, 0.29) is 12.5 Å². The first kappa shape index (κ1) is 19.3. The normalized spacial score (nSPS) is 20.0. The van der Waals surface area contributed by atoms with Crippen molar-refractivity contribution in [2.75, 3.05) is 45.6 Å². The maximum Gasteiger partial charge on any atom is 0.237 e. The average Bonchev–Trinajstić information content (AvgIpc) is 3.07. The number of ether oxygens (including phenoxy) is 2.